The van der Waals surface area contributed by atoms with E-state index >= 15 is 0 Å². The van der Waals surface area contributed by atoms with Gasteiger partial charge < -0.3 is 14.3 Å². The van der Waals surface area contributed by atoms with Crippen LogP contribution in [0.2, 0.25) is 42.3 Å². The molecule has 6 heteroatoms. The fourth-order valence-electron chi connectivity index (χ4n) is 4.08. The van der Waals surface area contributed by atoms with Gasteiger partial charge in [0, 0.05) is 20.1 Å². The molecule has 0 aromatic heterocycles. The van der Waals surface area contributed by atoms with Crippen molar-refractivity contribution in [3.8, 4) is 0 Å². The zero-order valence-corrected chi connectivity index (χ0v) is 23.4. The average molecular weight is 457 g/mol. The largest absolute Gasteiger partial charge is 0.463 e. The molecule has 0 fully saturated rings. The molecule has 1 unspecified atom stereocenters. The van der Waals surface area contributed by atoms with Crippen LogP contribution in [0.1, 0.15) is 55.4 Å². The maximum absolute atomic E-state index is 12.1. The third kappa shape index (κ3) is 10.1. The third-order valence-electron chi connectivity index (χ3n) is 5.78. The van der Waals surface area contributed by atoms with Gasteiger partial charge in [0.05, 0.1) is 18.8 Å². The molecule has 0 heterocycles. The van der Waals surface area contributed by atoms with E-state index in [9.17, 15) is 9.90 Å². The van der Waals surface area contributed by atoms with Crippen LogP contribution in [0.5, 0.6) is 0 Å². The zero-order chi connectivity index (χ0) is 23.7. The smallest absolute Gasteiger partial charge is 0.330 e. The van der Waals surface area contributed by atoms with Gasteiger partial charge in [-0.3, -0.25) is 0 Å². The van der Waals surface area contributed by atoms with Crippen molar-refractivity contribution < 1.29 is 19.1 Å². The van der Waals surface area contributed by atoms with Crippen LogP contribution in [0.15, 0.2) is 24.3 Å². The lowest BCUT2D eigenvalue weighted by Crippen LogP contribution is -2.50. The van der Waals surface area contributed by atoms with E-state index in [-0.39, 0.29) is 18.0 Å². The number of hydrogen-bond donors (Lipinski definition) is 1. The van der Waals surface area contributed by atoms with Gasteiger partial charge in [-0.25, -0.2) is 4.79 Å². The maximum atomic E-state index is 12.1. The molecular weight excluding hydrogens is 408 g/mol. The first-order valence-corrected chi connectivity index (χ1v) is 17.4. The second-order valence-electron chi connectivity index (χ2n) is 10.7. The molecule has 0 aliphatic carbocycles. The Hall–Kier alpha value is -0.696. The number of esters is 1. The van der Waals surface area contributed by atoms with Crippen molar-refractivity contribution >= 4 is 22.4 Å². The van der Waals surface area contributed by atoms with Crippen LogP contribution >= 0.6 is 0 Å². The van der Waals surface area contributed by atoms with Gasteiger partial charge in [-0.15, -0.1) is 0 Å². The molecule has 0 aliphatic heterocycles. The van der Waals surface area contributed by atoms with Gasteiger partial charge in [0.2, 0.25) is 8.32 Å². The molecule has 3 atom stereocenters. The Morgan fingerprint density at radius 3 is 1.77 bits per heavy atom. The molecule has 1 N–H and O–H groups in total. The number of carbonyl (C=O) groups is 1. The lowest BCUT2D eigenvalue weighted by molar-refractivity contribution is -0.137. The molecule has 176 valence electrons. The van der Waals surface area contributed by atoms with Gasteiger partial charge in [-0.2, -0.15) is 0 Å². The van der Waals surface area contributed by atoms with Crippen molar-refractivity contribution in [3.05, 3.63) is 24.3 Å². The van der Waals surface area contributed by atoms with Gasteiger partial charge in [-0.05, 0) is 29.6 Å². The summed E-state index contributed by atoms with van der Waals surface area (Å²) in [5, 5.41) is 9.77. The van der Waals surface area contributed by atoms with Gasteiger partial charge in [0.15, 0.2) is 0 Å². The predicted molar refractivity (Wildman–Crippen MR) is 134 cm³/mol. The summed E-state index contributed by atoms with van der Waals surface area (Å²) in [4.78, 5) is 12.1. The minimum Gasteiger partial charge on any atom is -0.463 e. The van der Waals surface area contributed by atoms with Crippen molar-refractivity contribution in [2.24, 2.45) is 5.92 Å². The third-order valence-corrected chi connectivity index (χ3v) is 13.6. The van der Waals surface area contributed by atoms with E-state index in [2.05, 4.69) is 68.1 Å². The topological polar surface area (TPSA) is 55.8 Å². The van der Waals surface area contributed by atoms with E-state index in [4.69, 9.17) is 9.16 Å². The summed E-state index contributed by atoms with van der Waals surface area (Å²) in [7, 11) is -3.32. The summed E-state index contributed by atoms with van der Waals surface area (Å²) in [6.07, 6.45) is 6.43. The molecule has 0 aromatic rings. The van der Waals surface area contributed by atoms with Crippen LogP contribution in [0.3, 0.4) is 0 Å². The number of carbonyl (C=O) groups excluding carboxylic acids is 1. The molecule has 0 rings (SSSR count). The number of aliphatic hydroxyl groups excluding tert-OH is 1. The Labute approximate surface area is 188 Å². The first kappa shape index (κ1) is 29.3. The molecule has 4 nitrogen and oxygen atoms in total. The number of hydrogen-bond acceptors (Lipinski definition) is 4. The van der Waals surface area contributed by atoms with Crippen LogP contribution in [-0.2, 0) is 14.0 Å². The summed E-state index contributed by atoms with van der Waals surface area (Å²) in [5.41, 5.74) is 1.38. The molecule has 30 heavy (non-hydrogen) atoms. The van der Waals surface area contributed by atoms with E-state index in [1.165, 1.54) is 6.08 Å². The molecular formula is C24H48O4Si2. The highest BCUT2D eigenvalue weighted by Gasteiger charge is 2.46. The molecule has 0 aliphatic rings. The van der Waals surface area contributed by atoms with Crippen LogP contribution in [0.4, 0.5) is 0 Å². The van der Waals surface area contributed by atoms with Gasteiger partial charge in [0.1, 0.15) is 0 Å². The van der Waals surface area contributed by atoms with E-state index in [0.29, 0.717) is 23.2 Å². The van der Waals surface area contributed by atoms with Crippen LogP contribution in [-0.4, -0.2) is 46.3 Å². The highest BCUT2D eigenvalue weighted by molar-refractivity contribution is 6.77. The molecule has 0 bridgehead atoms. The first-order valence-electron chi connectivity index (χ1n) is 11.5. The Kier molecular flexibility index (Phi) is 12.7. The summed E-state index contributed by atoms with van der Waals surface area (Å²) in [6.45, 7) is 24.7. The van der Waals surface area contributed by atoms with Crippen molar-refractivity contribution in [2.45, 2.75) is 110 Å². The summed E-state index contributed by atoms with van der Waals surface area (Å²) in [5.74, 6) is -0.300. The minimum absolute atomic E-state index is 0.00679. The van der Waals surface area contributed by atoms with Crippen LogP contribution in [0, 0.1) is 5.92 Å². The SMILES string of the molecule is CC(O)C=C[C@H](O[Si](C(C)C)(C(C)C)C(C)C)[C@@H](C)/C=C/C(=O)OCC[Si](C)(C)C. The fraction of sp³-hybridized carbons (Fsp3) is 0.792. The summed E-state index contributed by atoms with van der Waals surface area (Å²) >= 11 is 0. The average Bonchev–Trinajstić information content (AvgIpc) is 2.57. The van der Waals surface area contributed by atoms with Crippen molar-refractivity contribution in [3.63, 3.8) is 0 Å². The molecule has 0 saturated carbocycles. The standard InChI is InChI=1S/C24H48O4Si2/c1-18(2)30(19(3)4,20(5)6)28-23(14-13-22(8)25)21(7)12-15-24(26)27-16-17-29(9,10)11/h12-15,18-23,25H,16-17H2,1-11H3/b14-13?,15-12+/t21-,22?,23-/m0/s1. The predicted octanol–water partition coefficient (Wildman–Crippen LogP) is 6.56. The van der Waals surface area contributed by atoms with Crippen molar-refractivity contribution in [1.82, 2.24) is 0 Å². The number of aliphatic hydroxyl groups is 1. The molecule has 0 aromatic carbocycles. The second-order valence-corrected chi connectivity index (χ2v) is 21.8. The second kappa shape index (κ2) is 13.0. The van der Waals surface area contributed by atoms with Crippen LogP contribution in [0.25, 0.3) is 0 Å². The summed E-state index contributed by atoms with van der Waals surface area (Å²) < 4.78 is 12.3. The maximum Gasteiger partial charge on any atom is 0.330 e. The Morgan fingerprint density at radius 1 is 0.867 bits per heavy atom. The molecule has 0 spiro atoms. The minimum atomic E-state index is -2.10. The quantitative estimate of drug-likeness (QED) is 0.148. The van der Waals surface area contributed by atoms with E-state index in [1.54, 1.807) is 13.0 Å². The molecule has 0 saturated heterocycles. The Bertz CT molecular complexity index is 538. The fourth-order valence-corrected chi connectivity index (χ4v) is 10.4. The van der Waals surface area contributed by atoms with Crippen molar-refractivity contribution in [2.75, 3.05) is 6.61 Å². The monoisotopic (exact) mass is 456 g/mol. The lowest BCUT2D eigenvalue weighted by atomic mass is 10.0. The summed E-state index contributed by atoms with van der Waals surface area (Å²) in [6, 6.07) is 0.969. The number of rotatable bonds is 13. The first-order chi connectivity index (χ1) is 13.6. The molecule has 0 amide bonds. The normalized spacial score (nSPS) is 16.8. The van der Waals surface area contributed by atoms with Gasteiger partial charge >= 0.3 is 5.97 Å². The van der Waals surface area contributed by atoms with Gasteiger partial charge in [-0.1, -0.05) is 86.3 Å². The Morgan fingerprint density at radius 2 is 1.37 bits per heavy atom. The van der Waals surface area contributed by atoms with E-state index in [1.807, 2.05) is 12.2 Å². The highest BCUT2D eigenvalue weighted by atomic mass is 28.4. The zero-order valence-electron chi connectivity index (χ0n) is 21.4. The van der Waals surface area contributed by atoms with Gasteiger partial charge in [0.25, 0.3) is 0 Å². The van der Waals surface area contributed by atoms with Crippen molar-refractivity contribution in [1.29, 1.82) is 0 Å². The van der Waals surface area contributed by atoms with E-state index in [0.717, 1.165) is 6.04 Å². The number of ether oxygens (including phenoxy) is 1. The molecule has 0 radical (unpaired) electrons. The van der Waals surface area contributed by atoms with Crippen LogP contribution < -0.4 is 0 Å². The lowest BCUT2D eigenvalue weighted by Gasteiger charge is -2.45. The highest BCUT2D eigenvalue weighted by Crippen LogP contribution is 2.43. The van der Waals surface area contributed by atoms with E-state index < -0.39 is 22.5 Å². The Balaban J connectivity index is 5.48.